The topological polar surface area (TPSA) is 37.4 Å². The SMILES string of the molecule is Cc1ccc2c(c1C)N(CC1CCCC1)C(=O)C2=O. The van der Waals surface area contributed by atoms with Gasteiger partial charge in [-0.3, -0.25) is 9.59 Å². The number of hydrogen-bond acceptors (Lipinski definition) is 2. The van der Waals surface area contributed by atoms with E-state index < -0.39 is 0 Å². The molecule has 3 nitrogen and oxygen atoms in total. The molecule has 1 aromatic rings. The molecule has 1 fully saturated rings. The first kappa shape index (κ1) is 12.4. The third-order valence-corrected chi connectivity index (χ3v) is 4.57. The predicted octanol–water partition coefficient (Wildman–Crippen LogP) is 3.02. The molecule has 1 aliphatic heterocycles. The fourth-order valence-electron chi connectivity index (χ4n) is 3.30. The summed E-state index contributed by atoms with van der Waals surface area (Å²) in [5.41, 5.74) is 3.65. The molecule has 1 amide bonds. The Morgan fingerprint density at radius 1 is 1.16 bits per heavy atom. The number of hydrogen-bond donors (Lipinski definition) is 0. The smallest absolute Gasteiger partial charge is 0.299 e. The summed E-state index contributed by atoms with van der Waals surface area (Å²) < 4.78 is 0. The van der Waals surface area contributed by atoms with Crippen LogP contribution in [0.15, 0.2) is 12.1 Å². The van der Waals surface area contributed by atoms with Crippen LogP contribution in [0, 0.1) is 19.8 Å². The highest BCUT2D eigenvalue weighted by Crippen LogP contribution is 2.36. The number of aryl methyl sites for hydroxylation is 1. The molecular weight excluding hydrogens is 238 g/mol. The van der Waals surface area contributed by atoms with Gasteiger partial charge in [-0.25, -0.2) is 0 Å². The van der Waals surface area contributed by atoms with Crippen LogP contribution in [-0.2, 0) is 4.79 Å². The van der Waals surface area contributed by atoms with Gasteiger partial charge in [-0.05, 0) is 49.8 Å². The van der Waals surface area contributed by atoms with Gasteiger partial charge >= 0.3 is 0 Å². The van der Waals surface area contributed by atoms with Crippen LogP contribution in [0.1, 0.15) is 47.2 Å². The molecule has 0 atom stereocenters. The first-order valence-electron chi connectivity index (χ1n) is 7.06. The summed E-state index contributed by atoms with van der Waals surface area (Å²) in [6.45, 7) is 4.74. The number of benzene rings is 1. The molecule has 0 bridgehead atoms. The Balaban J connectivity index is 2.00. The van der Waals surface area contributed by atoms with Gasteiger partial charge in [-0.15, -0.1) is 0 Å². The Bertz CT molecular complexity index is 556. The molecule has 2 aliphatic rings. The van der Waals surface area contributed by atoms with Crippen LogP contribution in [0.2, 0.25) is 0 Å². The van der Waals surface area contributed by atoms with Gasteiger partial charge in [0.15, 0.2) is 0 Å². The molecule has 0 unspecified atom stereocenters. The normalized spacial score (nSPS) is 19.4. The number of nitrogens with zero attached hydrogens (tertiary/aromatic N) is 1. The van der Waals surface area contributed by atoms with Gasteiger partial charge < -0.3 is 4.90 Å². The number of carbonyl (C=O) groups excluding carboxylic acids is 2. The van der Waals surface area contributed by atoms with E-state index in [1.807, 2.05) is 19.9 Å². The van der Waals surface area contributed by atoms with Crippen LogP contribution < -0.4 is 4.90 Å². The van der Waals surface area contributed by atoms with Crippen molar-refractivity contribution in [2.24, 2.45) is 5.92 Å². The van der Waals surface area contributed by atoms with E-state index in [2.05, 4.69) is 0 Å². The number of fused-ring (bicyclic) bond motifs is 1. The molecular formula is C16H19NO2. The minimum absolute atomic E-state index is 0.337. The fraction of sp³-hybridized carbons (Fsp3) is 0.500. The molecule has 3 heteroatoms. The van der Waals surface area contributed by atoms with Crippen molar-refractivity contribution < 1.29 is 9.59 Å². The third kappa shape index (κ3) is 1.88. The van der Waals surface area contributed by atoms with E-state index in [4.69, 9.17) is 0 Å². The summed E-state index contributed by atoms with van der Waals surface area (Å²) in [5, 5.41) is 0. The lowest BCUT2D eigenvalue weighted by Crippen LogP contribution is -2.34. The van der Waals surface area contributed by atoms with Crippen molar-refractivity contribution in [2.75, 3.05) is 11.4 Å². The second-order valence-electron chi connectivity index (χ2n) is 5.80. The van der Waals surface area contributed by atoms with Crippen molar-refractivity contribution in [3.8, 4) is 0 Å². The molecule has 1 saturated carbocycles. The Hall–Kier alpha value is -1.64. The van der Waals surface area contributed by atoms with Crippen molar-refractivity contribution in [1.82, 2.24) is 0 Å². The van der Waals surface area contributed by atoms with Crippen LogP contribution in [0.3, 0.4) is 0 Å². The van der Waals surface area contributed by atoms with Crippen LogP contribution in [0.4, 0.5) is 5.69 Å². The fourth-order valence-corrected chi connectivity index (χ4v) is 3.30. The van der Waals surface area contributed by atoms with Gasteiger partial charge in [-0.2, -0.15) is 0 Å². The average molecular weight is 257 g/mol. The van der Waals surface area contributed by atoms with E-state index in [9.17, 15) is 9.59 Å². The molecule has 1 aliphatic carbocycles. The summed E-state index contributed by atoms with van der Waals surface area (Å²) in [7, 11) is 0. The minimum atomic E-state index is -0.337. The third-order valence-electron chi connectivity index (χ3n) is 4.57. The maximum Gasteiger partial charge on any atom is 0.299 e. The first-order chi connectivity index (χ1) is 9.09. The first-order valence-corrected chi connectivity index (χ1v) is 7.06. The van der Waals surface area contributed by atoms with E-state index in [1.165, 1.54) is 25.7 Å². The molecule has 0 saturated heterocycles. The van der Waals surface area contributed by atoms with Gasteiger partial charge in [0.2, 0.25) is 0 Å². The minimum Gasteiger partial charge on any atom is -0.304 e. The zero-order chi connectivity index (χ0) is 13.6. The Morgan fingerprint density at radius 3 is 2.53 bits per heavy atom. The quantitative estimate of drug-likeness (QED) is 0.764. The predicted molar refractivity (Wildman–Crippen MR) is 74.6 cm³/mol. The van der Waals surface area contributed by atoms with E-state index >= 15 is 0 Å². The molecule has 3 rings (SSSR count). The summed E-state index contributed by atoms with van der Waals surface area (Å²) in [5.74, 6) is -0.116. The number of Topliss-reactive ketones (excluding diaryl/α,β-unsaturated/α-hetero) is 1. The highest BCUT2D eigenvalue weighted by Gasteiger charge is 2.38. The van der Waals surface area contributed by atoms with Crippen LogP contribution in [0.25, 0.3) is 0 Å². The lowest BCUT2D eigenvalue weighted by atomic mass is 10.0. The lowest BCUT2D eigenvalue weighted by molar-refractivity contribution is -0.114. The highest BCUT2D eigenvalue weighted by molar-refractivity contribution is 6.52. The van der Waals surface area contributed by atoms with E-state index in [1.54, 1.807) is 11.0 Å². The van der Waals surface area contributed by atoms with E-state index in [0.29, 0.717) is 18.0 Å². The number of rotatable bonds is 2. The lowest BCUT2D eigenvalue weighted by Gasteiger charge is -2.22. The van der Waals surface area contributed by atoms with Crippen molar-refractivity contribution in [2.45, 2.75) is 39.5 Å². The molecule has 19 heavy (non-hydrogen) atoms. The number of amides is 1. The number of anilines is 1. The summed E-state index contributed by atoms with van der Waals surface area (Å²) in [6.07, 6.45) is 4.86. The zero-order valence-corrected chi connectivity index (χ0v) is 11.5. The maximum atomic E-state index is 12.2. The standard InChI is InChI=1S/C16H19NO2/c1-10-7-8-13-14(11(10)2)17(16(19)15(13)18)9-12-5-3-4-6-12/h7-8,12H,3-6,9H2,1-2H3. The van der Waals surface area contributed by atoms with Crippen molar-refractivity contribution in [3.05, 3.63) is 28.8 Å². The largest absolute Gasteiger partial charge is 0.304 e. The number of ketones is 1. The molecule has 100 valence electrons. The zero-order valence-electron chi connectivity index (χ0n) is 11.5. The molecule has 1 aromatic carbocycles. The van der Waals surface area contributed by atoms with Crippen LogP contribution in [0.5, 0.6) is 0 Å². The van der Waals surface area contributed by atoms with Gasteiger partial charge in [0.1, 0.15) is 0 Å². The molecule has 0 spiro atoms. The Morgan fingerprint density at radius 2 is 1.84 bits per heavy atom. The highest BCUT2D eigenvalue weighted by atomic mass is 16.2. The average Bonchev–Trinajstić information content (AvgIpc) is 2.98. The van der Waals surface area contributed by atoms with Crippen molar-refractivity contribution in [3.63, 3.8) is 0 Å². The maximum absolute atomic E-state index is 12.2. The van der Waals surface area contributed by atoms with Crippen molar-refractivity contribution in [1.29, 1.82) is 0 Å². The molecule has 0 radical (unpaired) electrons. The number of carbonyl (C=O) groups is 2. The van der Waals surface area contributed by atoms with Gasteiger partial charge in [0.05, 0.1) is 11.3 Å². The monoisotopic (exact) mass is 257 g/mol. The van der Waals surface area contributed by atoms with Gasteiger partial charge in [0.25, 0.3) is 11.7 Å². The van der Waals surface area contributed by atoms with E-state index in [-0.39, 0.29) is 11.7 Å². The summed E-state index contributed by atoms with van der Waals surface area (Å²) in [6, 6.07) is 3.73. The second kappa shape index (κ2) is 4.48. The Labute approximate surface area is 113 Å². The molecule has 0 aromatic heterocycles. The second-order valence-corrected chi connectivity index (χ2v) is 5.80. The Kier molecular flexibility index (Phi) is 2.92. The van der Waals surface area contributed by atoms with E-state index in [0.717, 1.165) is 16.8 Å². The summed E-state index contributed by atoms with van der Waals surface area (Å²) >= 11 is 0. The van der Waals surface area contributed by atoms with Gasteiger partial charge in [0, 0.05) is 6.54 Å². The molecule has 0 N–H and O–H groups in total. The van der Waals surface area contributed by atoms with Gasteiger partial charge in [-0.1, -0.05) is 18.9 Å². The molecule has 1 heterocycles. The van der Waals surface area contributed by atoms with Crippen LogP contribution >= 0.6 is 0 Å². The van der Waals surface area contributed by atoms with Crippen molar-refractivity contribution >= 4 is 17.4 Å². The van der Waals surface area contributed by atoms with Crippen LogP contribution in [-0.4, -0.2) is 18.2 Å². The summed E-state index contributed by atoms with van der Waals surface area (Å²) in [4.78, 5) is 26.0.